The first kappa shape index (κ1) is 54.6. The average Bonchev–Trinajstić information content (AvgIpc) is 3.28. The van der Waals surface area contributed by atoms with Gasteiger partial charge in [-0.15, -0.1) is 0 Å². The SMILES string of the molecule is CO[C@H]1C[C@@H]2CC[C@@H](C)[C@@](O)(O2)C(=O)C(=O)N2CCCC[C@H]2C(=O)O[C@H]([C@H](C)C[C@@H]2CC[C@@H](O)[C@H](OC)C2)C[C@@H](O)[C@H](C)/C=C(\C)[C@@H](C)[C@@H](OC)C(=O)[C@H](C)C[C@H](C)/C=C/C=C/C=C/1C. The van der Waals surface area contributed by atoms with Gasteiger partial charge in [0.1, 0.15) is 18.2 Å². The lowest BCUT2D eigenvalue weighted by Gasteiger charge is -2.43. The number of carbonyl (C=O) groups is 4. The number of ether oxygens (including phenoxy) is 5. The number of esters is 1. The third kappa shape index (κ3) is 14.5. The number of hydrogen-bond donors (Lipinski definition) is 3. The van der Waals surface area contributed by atoms with Crippen molar-refractivity contribution in [2.24, 2.45) is 41.4 Å². The molecule has 368 valence electrons. The van der Waals surface area contributed by atoms with Gasteiger partial charge in [-0.2, -0.15) is 0 Å². The van der Waals surface area contributed by atoms with Crippen molar-refractivity contribution in [2.75, 3.05) is 27.9 Å². The fraction of sp³-hybridized carbons (Fsp3) is 0.769. The van der Waals surface area contributed by atoms with Crippen LogP contribution in [0.5, 0.6) is 0 Å². The highest BCUT2D eigenvalue weighted by atomic mass is 16.6. The van der Waals surface area contributed by atoms with Gasteiger partial charge in [-0.25, -0.2) is 4.79 Å². The maximum absolute atomic E-state index is 14.4. The molecule has 2 bridgehead atoms. The molecule has 65 heavy (non-hydrogen) atoms. The minimum absolute atomic E-state index is 0.0170. The highest BCUT2D eigenvalue weighted by molar-refractivity contribution is 6.39. The molecule has 1 aliphatic carbocycles. The van der Waals surface area contributed by atoms with Crippen LogP contribution in [0.25, 0.3) is 0 Å². The van der Waals surface area contributed by atoms with Crippen molar-refractivity contribution >= 4 is 23.4 Å². The molecular weight excluding hydrogens is 831 g/mol. The zero-order valence-electron chi connectivity index (χ0n) is 41.3. The highest BCUT2D eigenvalue weighted by Crippen LogP contribution is 2.38. The molecule has 2 saturated heterocycles. The molecule has 4 rings (SSSR count). The third-order valence-corrected chi connectivity index (χ3v) is 15.1. The van der Waals surface area contributed by atoms with Crippen LogP contribution in [0.4, 0.5) is 0 Å². The van der Waals surface area contributed by atoms with Crippen molar-refractivity contribution in [3.8, 4) is 0 Å². The van der Waals surface area contributed by atoms with Gasteiger partial charge in [0.05, 0.1) is 30.5 Å². The summed E-state index contributed by atoms with van der Waals surface area (Å²) in [4.78, 5) is 58.0. The summed E-state index contributed by atoms with van der Waals surface area (Å²) in [5, 5.41) is 34.3. The maximum atomic E-state index is 14.4. The van der Waals surface area contributed by atoms with E-state index < -0.39 is 77.9 Å². The summed E-state index contributed by atoms with van der Waals surface area (Å²) in [6.45, 7) is 15.6. The predicted octanol–water partition coefficient (Wildman–Crippen LogP) is 7.25. The zero-order chi connectivity index (χ0) is 48.2. The van der Waals surface area contributed by atoms with Crippen LogP contribution in [0.2, 0.25) is 0 Å². The zero-order valence-corrected chi connectivity index (χ0v) is 41.3. The molecule has 3 heterocycles. The largest absolute Gasteiger partial charge is 0.460 e. The number of rotatable bonds is 6. The minimum Gasteiger partial charge on any atom is -0.460 e. The first-order valence-corrected chi connectivity index (χ1v) is 24.4. The first-order valence-electron chi connectivity index (χ1n) is 24.4. The smallest absolute Gasteiger partial charge is 0.329 e. The molecular formula is C52H83NO12. The van der Waals surface area contributed by atoms with Crippen LogP contribution in [0.1, 0.15) is 132 Å². The van der Waals surface area contributed by atoms with Crippen molar-refractivity contribution in [1.29, 1.82) is 0 Å². The van der Waals surface area contributed by atoms with Crippen molar-refractivity contribution in [3.63, 3.8) is 0 Å². The number of aliphatic hydroxyl groups is 3. The molecule has 1 saturated carbocycles. The van der Waals surface area contributed by atoms with Crippen LogP contribution < -0.4 is 0 Å². The van der Waals surface area contributed by atoms with Crippen LogP contribution in [0, 0.1) is 41.4 Å². The summed E-state index contributed by atoms with van der Waals surface area (Å²) in [6.07, 6.45) is 13.7. The van der Waals surface area contributed by atoms with Crippen LogP contribution >= 0.6 is 0 Å². The topological polar surface area (TPSA) is 178 Å². The number of cyclic esters (lactones) is 1. The highest BCUT2D eigenvalue weighted by Gasteiger charge is 2.53. The molecule has 4 aliphatic rings. The maximum Gasteiger partial charge on any atom is 0.329 e. The number of methoxy groups -OCH3 is 3. The fourth-order valence-corrected chi connectivity index (χ4v) is 10.5. The molecule has 0 spiro atoms. The number of piperidine rings is 1. The van der Waals surface area contributed by atoms with E-state index in [2.05, 4.69) is 13.0 Å². The number of nitrogens with zero attached hydrogens (tertiary/aromatic N) is 1. The molecule has 0 aromatic carbocycles. The predicted molar refractivity (Wildman–Crippen MR) is 249 cm³/mol. The second-order valence-electron chi connectivity index (χ2n) is 20.1. The van der Waals surface area contributed by atoms with Crippen molar-refractivity contribution < 1.29 is 58.2 Å². The van der Waals surface area contributed by atoms with Gasteiger partial charge >= 0.3 is 5.97 Å². The van der Waals surface area contributed by atoms with Crippen LogP contribution in [-0.4, -0.2) is 126 Å². The van der Waals surface area contributed by atoms with E-state index in [1.54, 1.807) is 28.3 Å². The number of allylic oxidation sites excluding steroid dienone is 5. The van der Waals surface area contributed by atoms with E-state index in [1.165, 1.54) is 4.90 Å². The van der Waals surface area contributed by atoms with Crippen molar-refractivity contribution in [1.82, 2.24) is 4.90 Å². The summed E-state index contributed by atoms with van der Waals surface area (Å²) < 4.78 is 29.8. The van der Waals surface area contributed by atoms with Crippen molar-refractivity contribution in [2.45, 2.75) is 187 Å². The minimum atomic E-state index is -2.40. The summed E-state index contributed by atoms with van der Waals surface area (Å²) in [7, 11) is 4.75. The number of amides is 1. The Morgan fingerprint density at radius 3 is 2.22 bits per heavy atom. The van der Waals surface area contributed by atoms with Gasteiger partial charge in [-0.05, 0) is 101 Å². The normalized spacial score (nSPS) is 41.5. The third-order valence-electron chi connectivity index (χ3n) is 15.1. The number of fused-ring (bicyclic) bond motifs is 3. The Morgan fingerprint density at radius 1 is 0.815 bits per heavy atom. The van der Waals surface area contributed by atoms with E-state index in [-0.39, 0.29) is 60.9 Å². The van der Waals surface area contributed by atoms with E-state index in [1.807, 2.05) is 71.9 Å². The van der Waals surface area contributed by atoms with Gasteiger partial charge in [0, 0.05) is 64.4 Å². The van der Waals surface area contributed by atoms with Gasteiger partial charge in [0.15, 0.2) is 5.78 Å². The number of hydrogen-bond acceptors (Lipinski definition) is 12. The van der Waals surface area contributed by atoms with E-state index in [4.69, 9.17) is 23.7 Å². The molecule has 3 N–H and O–H groups in total. The van der Waals surface area contributed by atoms with Crippen LogP contribution in [-0.2, 0) is 42.9 Å². The van der Waals surface area contributed by atoms with Crippen LogP contribution in [0.3, 0.4) is 0 Å². The van der Waals surface area contributed by atoms with E-state index in [0.29, 0.717) is 57.8 Å². The first-order chi connectivity index (χ1) is 30.7. The molecule has 0 radical (unpaired) electrons. The molecule has 3 aliphatic heterocycles. The monoisotopic (exact) mass is 914 g/mol. The Balaban J connectivity index is 1.70. The number of ketones is 2. The molecule has 13 nitrogen and oxygen atoms in total. The summed E-state index contributed by atoms with van der Waals surface area (Å²) in [6, 6.07) is -1.08. The lowest BCUT2D eigenvalue weighted by Crippen LogP contribution is -2.61. The summed E-state index contributed by atoms with van der Waals surface area (Å²) in [5.41, 5.74) is 1.80. The molecule has 16 atom stereocenters. The molecule has 0 aromatic rings. The molecule has 0 aromatic heterocycles. The molecule has 0 unspecified atom stereocenters. The van der Waals surface area contributed by atoms with Gasteiger partial charge in [-0.3, -0.25) is 14.4 Å². The number of carbonyl (C=O) groups excluding carboxylic acids is 4. The number of aliphatic hydroxyl groups excluding tert-OH is 2. The quantitative estimate of drug-likeness (QED) is 0.138. The fourth-order valence-electron chi connectivity index (χ4n) is 10.5. The Kier molecular flexibility index (Phi) is 21.3. The second-order valence-corrected chi connectivity index (χ2v) is 20.1. The second kappa shape index (κ2) is 25.4. The molecule has 1 amide bonds. The van der Waals surface area contributed by atoms with E-state index >= 15 is 0 Å². The Bertz CT molecular complexity index is 1710. The lowest BCUT2D eigenvalue weighted by atomic mass is 9.78. The average molecular weight is 914 g/mol. The van der Waals surface area contributed by atoms with Gasteiger partial charge in [-0.1, -0.05) is 83.6 Å². The van der Waals surface area contributed by atoms with Crippen molar-refractivity contribution in [3.05, 3.63) is 47.6 Å². The molecule has 13 heteroatoms. The van der Waals surface area contributed by atoms with Gasteiger partial charge in [0.25, 0.3) is 11.7 Å². The summed E-state index contributed by atoms with van der Waals surface area (Å²) in [5.74, 6) is -6.68. The summed E-state index contributed by atoms with van der Waals surface area (Å²) >= 11 is 0. The van der Waals surface area contributed by atoms with Crippen LogP contribution in [0.15, 0.2) is 47.6 Å². The van der Waals surface area contributed by atoms with E-state index in [9.17, 15) is 34.5 Å². The standard InChI is InChI=1S/C52H83NO12/c1-31-17-13-12-14-18-32(2)44(61-9)29-40-22-20-37(7)52(60,65-40)49(57)50(58)53-24-16-15-19-41(53)51(59)64-45(35(5)27-39-21-23-42(54)46(28-39)62-10)30-43(55)34(4)26-33(3)38(8)48(63-11)47(56)36(6)25-31/h12-14,17-18,26,31,34-46,48,54-55,60H,15-16,19-25,27-30H2,1-11H3/b14-12+,17-13+,32-18+,33-26+/t31-,34-,35-,36-,37-,38-,39+,40+,41+,42-,43-,44+,45+,46-,48-,52-/m1/s1. The Morgan fingerprint density at radius 2 is 1.54 bits per heavy atom. The molecule has 3 fully saturated rings. The lowest BCUT2D eigenvalue weighted by molar-refractivity contribution is -0.265. The Hall–Kier alpha value is -3.04. The van der Waals surface area contributed by atoms with Gasteiger partial charge < -0.3 is 43.9 Å². The number of Topliss-reactive ketones (excluding diaryl/α,β-unsaturated/α-hetero) is 2. The Labute approximate surface area is 389 Å². The van der Waals surface area contributed by atoms with Gasteiger partial charge in [0.2, 0.25) is 5.79 Å². The van der Waals surface area contributed by atoms with E-state index in [0.717, 1.165) is 17.6 Å².